The number of benzene rings is 3. The summed E-state index contributed by atoms with van der Waals surface area (Å²) in [5.41, 5.74) is 0.559. The summed E-state index contributed by atoms with van der Waals surface area (Å²) < 4.78 is 4.76. The number of rotatable bonds is 6. The van der Waals surface area contributed by atoms with Crippen LogP contribution in [0, 0.1) is 10.1 Å². The minimum Gasteiger partial charge on any atom is -0.507 e. The number of hydrogen-bond acceptors (Lipinski definition) is 6. The molecule has 8 nitrogen and oxygen atoms in total. The number of nitro benzene ring substituents is 1. The highest BCUT2D eigenvalue weighted by Gasteiger charge is 2.24. The second kappa shape index (κ2) is 8.39. The maximum absolute atomic E-state index is 12.7. The molecule has 0 fully saturated rings. The molecule has 1 atom stereocenters. The van der Waals surface area contributed by atoms with E-state index in [-0.39, 0.29) is 23.4 Å². The third-order valence-corrected chi connectivity index (χ3v) is 4.49. The Balaban J connectivity index is 1.83. The van der Waals surface area contributed by atoms with Gasteiger partial charge in [-0.2, -0.15) is 0 Å². The zero-order chi connectivity index (χ0) is 21.0. The molecule has 3 aromatic rings. The molecule has 2 N–H and O–H groups in total. The Bertz CT molecular complexity index is 1080. The van der Waals surface area contributed by atoms with E-state index in [2.05, 4.69) is 5.32 Å². The minimum absolute atomic E-state index is 0.0290. The number of nitro groups is 1. The lowest BCUT2D eigenvalue weighted by atomic mass is 10.0. The van der Waals surface area contributed by atoms with Gasteiger partial charge in [0, 0.05) is 18.6 Å². The van der Waals surface area contributed by atoms with Crippen molar-refractivity contribution in [2.75, 3.05) is 7.11 Å². The van der Waals surface area contributed by atoms with Gasteiger partial charge >= 0.3 is 5.97 Å². The third-order valence-electron chi connectivity index (χ3n) is 4.49. The highest BCUT2D eigenvalue weighted by molar-refractivity contribution is 6.02. The molecule has 148 valence electrons. The number of aromatic hydroxyl groups is 1. The maximum atomic E-state index is 12.7. The van der Waals surface area contributed by atoms with E-state index in [1.165, 1.54) is 37.4 Å². The number of fused-ring (bicyclic) bond motifs is 1. The van der Waals surface area contributed by atoms with Crippen molar-refractivity contribution in [1.29, 1.82) is 0 Å². The zero-order valence-electron chi connectivity index (χ0n) is 15.5. The van der Waals surface area contributed by atoms with E-state index in [1.807, 2.05) is 18.2 Å². The molecule has 0 saturated carbocycles. The molecule has 1 amide bonds. The highest BCUT2D eigenvalue weighted by atomic mass is 16.6. The molecule has 3 aromatic carbocycles. The van der Waals surface area contributed by atoms with Crippen molar-refractivity contribution in [3.05, 3.63) is 81.9 Å². The summed E-state index contributed by atoms with van der Waals surface area (Å²) in [7, 11) is 1.20. The van der Waals surface area contributed by atoms with Crippen molar-refractivity contribution in [2.24, 2.45) is 0 Å². The van der Waals surface area contributed by atoms with Gasteiger partial charge in [0.15, 0.2) is 0 Å². The molecule has 0 spiro atoms. The molecule has 0 saturated heterocycles. The number of non-ortho nitro benzene ring substituents is 1. The van der Waals surface area contributed by atoms with E-state index >= 15 is 0 Å². The first-order valence-corrected chi connectivity index (χ1v) is 8.73. The maximum Gasteiger partial charge on any atom is 0.328 e. The number of phenols is 1. The number of phenolic OH excluding ortho intramolecular Hbond substituents is 1. The lowest BCUT2D eigenvalue weighted by molar-refractivity contribution is -0.384. The first-order chi connectivity index (χ1) is 13.9. The molecule has 0 bridgehead atoms. The Morgan fingerprint density at radius 1 is 1.10 bits per heavy atom. The van der Waals surface area contributed by atoms with Crippen molar-refractivity contribution >= 4 is 28.3 Å². The van der Waals surface area contributed by atoms with Crippen molar-refractivity contribution in [2.45, 2.75) is 12.5 Å². The molecular formula is C21H18N2O6. The summed E-state index contributed by atoms with van der Waals surface area (Å²) in [6, 6.07) is 14.9. The summed E-state index contributed by atoms with van der Waals surface area (Å²) in [6.45, 7) is 0. The molecule has 0 radical (unpaired) electrons. The number of methoxy groups -OCH3 is 1. The summed E-state index contributed by atoms with van der Waals surface area (Å²) in [5, 5.41) is 25.1. The van der Waals surface area contributed by atoms with Crippen LogP contribution >= 0.6 is 0 Å². The Morgan fingerprint density at radius 3 is 2.31 bits per heavy atom. The zero-order valence-corrected chi connectivity index (χ0v) is 15.5. The number of hydrogen-bond donors (Lipinski definition) is 2. The van der Waals surface area contributed by atoms with Crippen molar-refractivity contribution < 1.29 is 24.4 Å². The van der Waals surface area contributed by atoms with Gasteiger partial charge < -0.3 is 15.2 Å². The number of ether oxygens (including phenoxy) is 1. The topological polar surface area (TPSA) is 119 Å². The van der Waals surface area contributed by atoms with Crippen LogP contribution in [0.2, 0.25) is 0 Å². The average Bonchev–Trinajstić information content (AvgIpc) is 2.72. The van der Waals surface area contributed by atoms with E-state index in [1.54, 1.807) is 12.1 Å². The van der Waals surface area contributed by atoms with Gasteiger partial charge in [-0.1, -0.05) is 36.4 Å². The molecule has 8 heteroatoms. The van der Waals surface area contributed by atoms with Crippen LogP contribution in [-0.4, -0.2) is 35.1 Å². The van der Waals surface area contributed by atoms with E-state index in [0.717, 1.165) is 10.8 Å². The van der Waals surface area contributed by atoms with Crippen molar-refractivity contribution in [3.63, 3.8) is 0 Å². The Kier molecular flexibility index (Phi) is 5.73. The fraction of sp³-hybridized carbons (Fsp3) is 0.143. The molecule has 3 rings (SSSR count). The second-order valence-electron chi connectivity index (χ2n) is 6.39. The normalized spacial score (nSPS) is 11.6. The van der Waals surface area contributed by atoms with Crippen LogP contribution in [0.3, 0.4) is 0 Å². The van der Waals surface area contributed by atoms with Gasteiger partial charge in [0.05, 0.1) is 17.6 Å². The molecule has 0 aliphatic heterocycles. The fourth-order valence-corrected chi connectivity index (χ4v) is 2.97. The second-order valence-corrected chi connectivity index (χ2v) is 6.39. The van der Waals surface area contributed by atoms with Gasteiger partial charge in [-0.15, -0.1) is 0 Å². The SMILES string of the molecule is COC(=O)C(Cc1ccc([N+](=O)[O-])cc1)NC(=O)c1cc2ccccc2cc1O. The molecule has 0 aromatic heterocycles. The average molecular weight is 394 g/mol. The first kappa shape index (κ1) is 19.8. The first-order valence-electron chi connectivity index (χ1n) is 8.73. The Hall–Kier alpha value is -3.94. The predicted octanol–water partition coefficient (Wildman–Crippen LogP) is 2.97. The molecular weight excluding hydrogens is 376 g/mol. The number of carbonyl (C=O) groups excluding carboxylic acids is 2. The molecule has 29 heavy (non-hydrogen) atoms. The number of nitrogens with one attached hydrogen (secondary N) is 1. The van der Waals surface area contributed by atoms with Crippen LogP contribution in [-0.2, 0) is 16.0 Å². The molecule has 1 unspecified atom stereocenters. The highest BCUT2D eigenvalue weighted by Crippen LogP contribution is 2.25. The number of esters is 1. The molecule has 0 aliphatic rings. The quantitative estimate of drug-likeness (QED) is 0.377. The van der Waals surface area contributed by atoms with E-state index in [9.17, 15) is 24.8 Å². The fourth-order valence-electron chi connectivity index (χ4n) is 2.97. The largest absolute Gasteiger partial charge is 0.507 e. The van der Waals surface area contributed by atoms with Gasteiger partial charge in [0.25, 0.3) is 11.6 Å². The van der Waals surface area contributed by atoms with Gasteiger partial charge in [-0.25, -0.2) is 4.79 Å². The number of nitrogens with zero attached hydrogens (tertiary/aromatic N) is 1. The number of carbonyl (C=O) groups is 2. The summed E-state index contributed by atoms with van der Waals surface area (Å²) in [5.74, 6) is -1.51. The standard InChI is InChI=1S/C21H18N2O6/c1-29-21(26)18(10-13-6-8-16(9-7-13)23(27)28)22-20(25)17-11-14-4-2-3-5-15(14)12-19(17)24/h2-9,11-12,18,24H,10H2,1H3,(H,22,25). The van der Waals surface area contributed by atoms with Crippen LogP contribution < -0.4 is 5.32 Å². The summed E-state index contributed by atoms with van der Waals surface area (Å²) >= 11 is 0. The lowest BCUT2D eigenvalue weighted by Crippen LogP contribution is -2.43. The summed E-state index contributed by atoms with van der Waals surface area (Å²) in [6.07, 6.45) is 0.0742. The van der Waals surface area contributed by atoms with Crippen LogP contribution in [0.1, 0.15) is 15.9 Å². The molecule has 0 aliphatic carbocycles. The monoisotopic (exact) mass is 394 g/mol. The minimum atomic E-state index is -1.03. The van der Waals surface area contributed by atoms with Crippen LogP contribution in [0.25, 0.3) is 10.8 Å². The summed E-state index contributed by atoms with van der Waals surface area (Å²) in [4.78, 5) is 35.1. The Labute approximate surface area is 165 Å². The van der Waals surface area contributed by atoms with Crippen LogP contribution in [0.15, 0.2) is 60.7 Å². The smallest absolute Gasteiger partial charge is 0.328 e. The molecule has 0 heterocycles. The Morgan fingerprint density at radius 2 is 1.72 bits per heavy atom. The van der Waals surface area contributed by atoms with Crippen molar-refractivity contribution in [1.82, 2.24) is 5.32 Å². The lowest BCUT2D eigenvalue weighted by Gasteiger charge is -2.17. The van der Waals surface area contributed by atoms with E-state index < -0.39 is 22.8 Å². The predicted molar refractivity (Wildman–Crippen MR) is 106 cm³/mol. The van der Waals surface area contributed by atoms with Gasteiger partial charge in [0.1, 0.15) is 11.8 Å². The van der Waals surface area contributed by atoms with Gasteiger partial charge in [0.2, 0.25) is 0 Å². The van der Waals surface area contributed by atoms with Crippen LogP contribution in [0.5, 0.6) is 5.75 Å². The van der Waals surface area contributed by atoms with E-state index in [0.29, 0.717) is 5.56 Å². The van der Waals surface area contributed by atoms with Gasteiger partial charge in [-0.3, -0.25) is 14.9 Å². The van der Waals surface area contributed by atoms with Crippen LogP contribution in [0.4, 0.5) is 5.69 Å². The van der Waals surface area contributed by atoms with Gasteiger partial charge in [-0.05, 0) is 28.5 Å². The number of amides is 1. The third kappa shape index (κ3) is 4.49. The van der Waals surface area contributed by atoms with E-state index in [4.69, 9.17) is 4.74 Å². The van der Waals surface area contributed by atoms with Crippen molar-refractivity contribution in [3.8, 4) is 5.75 Å².